The third-order valence-corrected chi connectivity index (χ3v) is 3.68. The molecule has 2 atom stereocenters. The summed E-state index contributed by atoms with van der Waals surface area (Å²) in [5.74, 6) is -0.301. The first-order chi connectivity index (χ1) is 7.85. The first-order valence-electron chi connectivity index (χ1n) is 6.16. The van der Waals surface area contributed by atoms with Gasteiger partial charge in [-0.05, 0) is 38.8 Å². The van der Waals surface area contributed by atoms with E-state index in [1.165, 1.54) is 0 Å². The van der Waals surface area contributed by atoms with Crippen LogP contribution in [-0.2, 0) is 9.59 Å². The predicted molar refractivity (Wildman–Crippen MR) is 66.2 cm³/mol. The third kappa shape index (κ3) is 3.43. The molecule has 2 unspecified atom stereocenters. The molecule has 0 aromatic rings. The second kappa shape index (κ2) is 5.49. The van der Waals surface area contributed by atoms with E-state index in [0.29, 0.717) is 5.92 Å². The van der Waals surface area contributed by atoms with Gasteiger partial charge in [0.1, 0.15) is 6.04 Å². The van der Waals surface area contributed by atoms with Crippen LogP contribution in [0.2, 0.25) is 0 Å². The molecule has 1 fully saturated rings. The Morgan fingerprint density at radius 2 is 2.12 bits per heavy atom. The van der Waals surface area contributed by atoms with E-state index in [9.17, 15) is 9.59 Å². The highest BCUT2D eigenvalue weighted by Gasteiger charge is 2.37. The predicted octanol–water partition coefficient (Wildman–Crippen LogP) is 0.00220. The van der Waals surface area contributed by atoms with Gasteiger partial charge in [0.05, 0.1) is 0 Å². The number of nitrogens with one attached hydrogen (secondary N) is 2. The molecule has 1 aliphatic heterocycles. The second-order valence-corrected chi connectivity index (χ2v) is 5.36. The van der Waals surface area contributed by atoms with Gasteiger partial charge >= 0.3 is 0 Å². The van der Waals surface area contributed by atoms with Crippen molar-refractivity contribution in [1.82, 2.24) is 10.6 Å². The molecule has 5 nitrogen and oxygen atoms in total. The summed E-state index contributed by atoms with van der Waals surface area (Å²) in [6.07, 6.45) is 2.13. The molecule has 1 saturated heterocycles. The Balaban J connectivity index is 2.61. The molecule has 2 amide bonds. The number of hydrogen-bond acceptors (Lipinski definition) is 3. The zero-order valence-electron chi connectivity index (χ0n) is 10.9. The van der Waals surface area contributed by atoms with Gasteiger partial charge in [-0.15, -0.1) is 0 Å². The summed E-state index contributed by atoms with van der Waals surface area (Å²) in [6.45, 7) is 7.33. The van der Waals surface area contributed by atoms with Crippen LogP contribution in [0.5, 0.6) is 0 Å². The molecule has 0 spiro atoms. The van der Waals surface area contributed by atoms with E-state index in [2.05, 4.69) is 10.6 Å². The molecule has 1 aliphatic rings. The number of piperidine rings is 1. The Morgan fingerprint density at radius 1 is 1.47 bits per heavy atom. The first-order valence-corrected chi connectivity index (χ1v) is 6.16. The number of hydrogen-bond donors (Lipinski definition) is 3. The molecule has 0 aliphatic carbocycles. The van der Waals surface area contributed by atoms with Crippen LogP contribution in [0.3, 0.4) is 0 Å². The summed E-state index contributed by atoms with van der Waals surface area (Å²) in [5.41, 5.74) is 4.66. The van der Waals surface area contributed by atoms with Gasteiger partial charge in [-0.3, -0.25) is 9.59 Å². The number of primary amides is 1. The molecule has 0 radical (unpaired) electrons. The molecular weight excluding hydrogens is 218 g/mol. The van der Waals surface area contributed by atoms with Crippen molar-refractivity contribution in [3.63, 3.8) is 0 Å². The maximum Gasteiger partial charge on any atom is 0.239 e. The largest absolute Gasteiger partial charge is 0.368 e. The average Bonchev–Trinajstić information content (AvgIpc) is 2.29. The number of amides is 2. The van der Waals surface area contributed by atoms with E-state index >= 15 is 0 Å². The van der Waals surface area contributed by atoms with Crippen LogP contribution < -0.4 is 16.4 Å². The van der Waals surface area contributed by atoms with Gasteiger partial charge in [0.15, 0.2) is 0 Å². The summed E-state index contributed by atoms with van der Waals surface area (Å²) in [7, 11) is 0. The molecule has 98 valence electrons. The lowest BCUT2D eigenvalue weighted by atomic mass is 9.74. The van der Waals surface area contributed by atoms with Crippen LogP contribution >= 0.6 is 0 Å². The lowest BCUT2D eigenvalue weighted by Gasteiger charge is -2.36. The first kappa shape index (κ1) is 14.0. The minimum Gasteiger partial charge on any atom is -0.368 e. The van der Waals surface area contributed by atoms with Crippen molar-refractivity contribution in [3.8, 4) is 0 Å². The van der Waals surface area contributed by atoms with Crippen LogP contribution in [0, 0.1) is 11.3 Å². The van der Waals surface area contributed by atoms with Gasteiger partial charge in [0.2, 0.25) is 11.8 Å². The summed E-state index contributed by atoms with van der Waals surface area (Å²) in [4.78, 5) is 23.1. The molecule has 0 bridgehead atoms. The van der Waals surface area contributed by atoms with Gasteiger partial charge in [-0.25, -0.2) is 0 Å². The van der Waals surface area contributed by atoms with Gasteiger partial charge in [-0.1, -0.05) is 13.8 Å². The van der Waals surface area contributed by atoms with Crippen molar-refractivity contribution in [2.45, 2.75) is 39.7 Å². The van der Waals surface area contributed by atoms with E-state index in [-0.39, 0.29) is 5.91 Å². The van der Waals surface area contributed by atoms with Crippen molar-refractivity contribution in [1.29, 1.82) is 0 Å². The van der Waals surface area contributed by atoms with Crippen molar-refractivity contribution in [3.05, 3.63) is 0 Å². The number of carbonyl (C=O) groups excluding carboxylic acids is 2. The SMILES string of the molecule is CC(NC(=O)C(C)(C)C1CCCNC1)C(N)=O. The summed E-state index contributed by atoms with van der Waals surface area (Å²) in [6, 6.07) is -0.613. The van der Waals surface area contributed by atoms with E-state index in [1.54, 1.807) is 6.92 Å². The third-order valence-electron chi connectivity index (χ3n) is 3.68. The Kier molecular flexibility index (Phi) is 4.51. The van der Waals surface area contributed by atoms with Crippen LogP contribution in [-0.4, -0.2) is 30.9 Å². The smallest absolute Gasteiger partial charge is 0.239 e. The maximum absolute atomic E-state index is 12.1. The van der Waals surface area contributed by atoms with E-state index in [1.807, 2.05) is 13.8 Å². The molecule has 4 N–H and O–H groups in total. The van der Waals surface area contributed by atoms with Gasteiger partial charge in [0.25, 0.3) is 0 Å². The van der Waals surface area contributed by atoms with Crippen LogP contribution in [0.15, 0.2) is 0 Å². The Labute approximate surface area is 103 Å². The molecule has 0 aromatic carbocycles. The molecule has 1 rings (SSSR count). The quantitative estimate of drug-likeness (QED) is 0.648. The normalized spacial score (nSPS) is 22.9. The van der Waals surface area contributed by atoms with E-state index in [4.69, 9.17) is 5.73 Å². The molecular formula is C12H23N3O2. The Hall–Kier alpha value is -1.10. The average molecular weight is 241 g/mol. The van der Waals surface area contributed by atoms with Gasteiger partial charge in [-0.2, -0.15) is 0 Å². The monoisotopic (exact) mass is 241 g/mol. The van der Waals surface area contributed by atoms with Crippen LogP contribution in [0.1, 0.15) is 33.6 Å². The highest BCUT2D eigenvalue weighted by molar-refractivity contribution is 5.88. The van der Waals surface area contributed by atoms with Crippen molar-refractivity contribution < 1.29 is 9.59 Å². The highest BCUT2D eigenvalue weighted by atomic mass is 16.2. The van der Waals surface area contributed by atoms with Crippen molar-refractivity contribution in [2.75, 3.05) is 13.1 Å². The number of carbonyl (C=O) groups is 2. The van der Waals surface area contributed by atoms with Crippen molar-refractivity contribution >= 4 is 11.8 Å². The topological polar surface area (TPSA) is 84.2 Å². The zero-order chi connectivity index (χ0) is 13.1. The fraction of sp³-hybridized carbons (Fsp3) is 0.833. The van der Waals surface area contributed by atoms with Crippen molar-refractivity contribution in [2.24, 2.45) is 17.1 Å². The minimum atomic E-state index is -0.613. The van der Waals surface area contributed by atoms with Gasteiger partial charge in [0, 0.05) is 5.41 Å². The molecule has 17 heavy (non-hydrogen) atoms. The lowest BCUT2D eigenvalue weighted by Crippen LogP contribution is -2.52. The van der Waals surface area contributed by atoms with E-state index in [0.717, 1.165) is 25.9 Å². The second-order valence-electron chi connectivity index (χ2n) is 5.36. The minimum absolute atomic E-state index is 0.0995. The van der Waals surface area contributed by atoms with Crippen LogP contribution in [0.25, 0.3) is 0 Å². The fourth-order valence-electron chi connectivity index (χ4n) is 2.11. The van der Waals surface area contributed by atoms with Gasteiger partial charge < -0.3 is 16.4 Å². The Bertz CT molecular complexity index is 296. The maximum atomic E-state index is 12.1. The standard InChI is InChI=1S/C12H23N3O2/c1-8(10(13)16)15-11(17)12(2,3)9-5-4-6-14-7-9/h8-9,14H,4-7H2,1-3H3,(H2,13,16)(H,15,17). The number of nitrogens with two attached hydrogens (primary N) is 1. The lowest BCUT2D eigenvalue weighted by molar-refractivity contribution is -0.135. The summed E-state index contributed by atoms with van der Waals surface area (Å²) >= 11 is 0. The Morgan fingerprint density at radius 3 is 2.59 bits per heavy atom. The van der Waals surface area contributed by atoms with E-state index < -0.39 is 17.4 Å². The molecule has 0 aromatic heterocycles. The number of rotatable bonds is 4. The molecule has 0 saturated carbocycles. The summed E-state index contributed by atoms with van der Waals surface area (Å²) in [5, 5.41) is 5.98. The zero-order valence-corrected chi connectivity index (χ0v) is 10.9. The fourth-order valence-corrected chi connectivity index (χ4v) is 2.11. The molecule has 1 heterocycles. The van der Waals surface area contributed by atoms with Crippen LogP contribution in [0.4, 0.5) is 0 Å². The summed E-state index contributed by atoms with van der Waals surface area (Å²) < 4.78 is 0. The highest BCUT2D eigenvalue weighted by Crippen LogP contribution is 2.31. The molecule has 5 heteroatoms.